The van der Waals surface area contributed by atoms with Gasteiger partial charge >= 0.3 is 0 Å². The van der Waals surface area contributed by atoms with Crippen LogP contribution >= 0.6 is 0 Å². The number of ether oxygens (including phenoxy) is 1. The van der Waals surface area contributed by atoms with Gasteiger partial charge in [0.05, 0.1) is 6.04 Å². The first-order valence-corrected chi connectivity index (χ1v) is 8.74. The van der Waals surface area contributed by atoms with Gasteiger partial charge in [-0.3, -0.25) is 0 Å². The molecule has 1 aliphatic rings. The summed E-state index contributed by atoms with van der Waals surface area (Å²) in [4.78, 5) is 10.8. The molecule has 0 aliphatic carbocycles. The van der Waals surface area contributed by atoms with Gasteiger partial charge in [0.1, 0.15) is 11.9 Å². The summed E-state index contributed by atoms with van der Waals surface area (Å²) in [5.41, 5.74) is 0. The molecule has 0 radical (unpaired) electrons. The molecule has 2 N–H and O–H groups in total. The highest BCUT2D eigenvalue weighted by Crippen LogP contribution is 2.28. The van der Waals surface area contributed by atoms with Crippen LogP contribution in [0.15, 0.2) is 29.9 Å². The van der Waals surface area contributed by atoms with Crippen LogP contribution in [0.25, 0.3) is 0 Å². The number of aromatic nitrogens is 4. The summed E-state index contributed by atoms with van der Waals surface area (Å²) >= 11 is 0. The molecule has 2 aromatic rings. The molecule has 3 rings (SSSR count). The van der Waals surface area contributed by atoms with Crippen molar-refractivity contribution in [2.75, 3.05) is 6.61 Å². The van der Waals surface area contributed by atoms with E-state index in [9.17, 15) is 8.42 Å². The lowest BCUT2D eigenvalue weighted by atomic mass is 10.0. The summed E-state index contributed by atoms with van der Waals surface area (Å²) in [7, 11) is -3.69. The van der Waals surface area contributed by atoms with Crippen LogP contribution in [0.3, 0.4) is 0 Å². The van der Waals surface area contributed by atoms with Gasteiger partial charge in [0.15, 0.2) is 0 Å². The maximum absolute atomic E-state index is 12.3. The predicted molar refractivity (Wildman–Crippen MR) is 78.5 cm³/mol. The number of H-pyrrole nitrogens is 1. The molecule has 8 nitrogen and oxygen atoms in total. The zero-order valence-corrected chi connectivity index (χ0v) is 13.1. The first kappa shape index (κ1) is 15.2. The lowest BCUT2D eigenvalue weighted by Gasteiger charge is -2.31. The van der Waals surface area contributed by atoms with Crippen LogP contribution in [0.4, 0.5) is 0 Å². The summed E-state index contributed by atoms with van der Waals surface area (Å²) in [6.07, 6.45) is 7.56. The summed E-state index contributed by atoms with van der Waals surface area (Å²) in [6, 6.07) is -0.364. The molecule has 2 aromatic heterocycles. The second kappa shape index (κ2) is 6.19. The molecular formula is C13H19N5O3S. The van der Waals surface area contributed by atoms with Gasteiger partial charge in [-0.25, -0.2) is 23.1 Å². The van der Waals surface area contributed by atoms with Crippen molar-refractivity contribution in [2.45, 2.75) is 43.6 Å². The minimum Gasteiger partial charge on any atom is -0.369 e. The standard InChI is InChI=1S/C13H19N5O3S/c1-2-18-8-7-14-12(18)11-10(4-3-9-21-11)17-22(19,20)13-15-5-6-16-13/h5-8,10-11,17H,2-4,9H2,1H3,(H,15,16)/t10-,11-/m1/s1. The molecular weight excluding hydrogens is 306 g/mol. The van der Waals surface area contributed by atoms with Crippen LogP contribution in [0.5, 0.6) is 0 Å². The molecule has 3 heterocycles. The largest absolute Gasteiger partial charge is 0.369 e. The number of sulfonamides is 1. The van der Waals surface area contributed by atoms with E-state index in [0.717, 1.165) is 18.8 Å². The van der Waals surface area contributed by atoms with Crippen molar-refractivity contribution < 1.29 is 13.2 Å². The molecule has 0 spiro atoms. The molecule has 2 atom stereocenters. The number of hydrogen-bond donors (Lipinski definition) is 2. The highest BCUT2D eigenvalue weighted by molar-refractivity contribution is 7.89. The molecule has 0 bridgehead atoms. The highest BCUT2D eigenvalue weighted by Gasteiger charge is 2.34. The van der Waals surface area contributed by atoms with Crippen LogP contribution in [-0.4, -0.2) is 40.6 Å². The fourth-order valence-corrected chi connectivity index (χ4v) is 3.83. The lowest BCUT2D eigenvalue weighted by molar-refractivity contribution is -0.0116. The van der Waals surface area contributed by atoms with E-state index < -0.39 is 16.1 Å². The second-order valence-electron chi connectivity index (χ2n) is 5.13. The van der Waals surface area contributed by atoms with Gasteiger partial charge in [-0.05, 0) is 19.8 Å². The van der Waals surface area contributed by atoms with Crippen molar-refractivity contribution in [2.24, 2.45) is 0 Å². The van der Waals surface area contributed by atoms with E-state index in [0.29, 0.717) is 13.0 Å². The first-order chi connectivity index (χ1) is 10.6. The third-order valence-electron chi connectivity index (χ3n) is 3.70. The number of aromatic amines is 1. The lowest BCUT2D eigenvalue weighted by Crippen LogP contribution is -2.43. The minimum absolute atomic E-state index is 0.0874. The van der Waals surface area contributed by atoms with Gasteiger partial charge in [-0.1, -0.05) is 0 Å². The molecule has 0 amide bonds. The van der Waals surface area contributed by atoms with Crippen molar-refractivity contribution in [3.63, 3.8) is 0 Å². The fourth-order valence-electron chi connectivity index (χ4n) is 2.65. The van der Waals surface area contributed by atoms with Gasteiger partial charge in [-0.2, -0.15) is 0 Å². The first-order valence-electron chi connectivity index (χ1n) is 7.26. The number of hydrogen-bond acceptors (Lipinski definition) is 5. The molecule has 120 valence electrons. The maximum atomic E-state index is 12.3. The maximum Gasteiger partial charge on any atom is 0.274 e. The van der Waals surface area contributed by atoms with Crippen molar-refractivity contribution in [3.8, 4) is 0 Å². The van der Waals surface area contributed by atoms with E-state index in [1.54, 1.807) is 6.20 Å². The SMILES string of the molecule is CCn1ccnc1[C@@H]1OCCC[C@H]1NS(=O)(=O)c1ncc[nH]1. The van der Waals surface area contributed by atoms with Crippen LogP contribution < -0.4 is 4.72 Å². The molecule has 22 heavy (non-hydrogen) atoms. The van der Waals surface area contributed by atoms with Crippen LogP contribution in [0.1, 0.15) is 31.7 Å². The van der Waals surface area contributed by atoms with Crippen molar-refractivity contribution in [1.82, 2.24) is 24.2 Å². The smallest absolute Gasteiger partial charge is 0.274 e. The number of aryl methyl sites for hydroxylation is 1. The van der Waals surface area contributed by atoms with E-state index in [1.165, 1.54) is 12.4 Å². The average molecular weight is 325 g/mol. The van der Waals surface area contributed by atoms with E-state index in [1.807, 2.05) is 17.7 Å². The Labute approximate surface area is 129 Å². The molecule has 1 saturated heterocycles. The van der Waals surface area contributed by atoms with Crippen molar-refractivity contribution >= 4 is 10.0 Å². The van der Waals surface area contributed by atoms with Gasteiger partial charge in [-0.15, -0.1) is 0 Å². The zero-order chi connectivity index (χ0) is 15.6. The minimum atomic E-state index is -3.69. The Bertz CT molecular complexity index is 710. The second-order valence-corrected chi connectivity index (χ2v) is 6.76. The third kappa shape index (κ3) is 2.92. The summed E-state index contributed by atoms with van der Waals surface area (Å²) in [5, 5.41) is -0.0874. The molecule has 9 heteroatoms. The predicted octanol–water partition coefficient (Wildman–Crippen LogP) is 0.825. The van der Waals surface area contributed by atoms with E-state index in [2.05, 4.69) is 19.7 Å². The molecule has 0 aromatic carbocycles. The Balaban J connectivity index is 1.85. The molecule has 0 saturated carbocycles. The molecule has 1 aliphatic heterocycles. The van der Waals surface area contributed by atoms with Crippen LogP contribution in [0, 0.1) is 0 Å². The van der Waals surface area contributed by atoms with Gasteiger partial charge in [0.2, 0.25) is 5.16 Å². The number of rotatable bonds is 5. The Morgan fingerprint density at radius 2 is 2.32 bits per heavy atom. The Kier molecular flexibility index (Phi) is 4.27. The quantitative estimate of drug-likeness (QED) is 0.847. The Hall–Kier alpha value is -1.71. The zero-order valence-electron chi connectivity index (χ0n) is 12.3. The average Bonchev–Trinajstić information content (AvgIpc) is 3.19. The van der Waals surface area contributed by atoms with Gasteiger partial charge in [0.25, 0.3) is 10.0 Å². The number of imidazole rings is 2. The number of nitrogens with zero attached hydrogens (tertiary/aromatic N) is 3. The summed E-state index contributed by atoms with van der Waals surface area (Å²) in [6.45, 7) is 3.36. The van der Waals surface area contributed by atoms with Gasteiger partial charge in [0, 0.05) is 37.9 Å². The monoisotopic (exact) mass is 325 g/mol. The number of nitrogens with one attached hydrogen (secondary N) is 2. The van der Waals surface area contributed by atoms with Crippen molar-refractivity contribution in [1.29, 1.82) is 0 Å². The Morgan fingerprint density at radius 3 is 3.05 bits per heavy atom. The Morgan fingerprint density at radius 1 is 1.45 bits per heavy atom. The van der Waals surface area contributed by atoms with Crippen LogP contribution in [-0.2, 0) is 21.3 Å². The normalized spacial score (nSPS) is 22.8. The van der Waals surface area contributed by atoms with Gasteiger partial charge < -0.3 is 14.3 Å². The summed E-state index contributed by atoms with van der Waals surface area (Å²) < 4.78 is 35.1. The third-order valence-corrected chi connectivity index (χ3v) is 5.04. The topological polar surface area (TPSA) is 102 Å². The van der Waals surface area contributed by atoms with E-state index >= 15 is 0 Å². The molecule has 1 fully saturated rings. The van der Waals surface area contributed by atoms with E-state index in [4.69, 9.17) is 4.74 Å². The highest BCUT2D eigenvalue weighted by atomic mass is 32.2. The molecule has 0 unspecified atom stereocenters. The van der Waals surface area contributed by atoms with E-state index in [-0.39, 0.29) is 11.2 Å². The van der Waals surface area contributed by atoms with Crippen LogP contribution in [0.2, 0.25) is 0 Å². The summed E-state index contributed by atoms with van der Waals surface area (Å²) in [5.74, 6) is 0.745. The fraction of sp³-hybridized carbons (Fsp3) is 0.538. The van der Waals surface area contributed by atoms with Crippen molar-refractivity contribution in [3.05, 3.63) is 30.6 Å².